The molecule has 0 saturated carbocycles. The average Bonchev–Trinajstić information content (AvgIpc) is 2.27. The van der Waals surface area contributed by atoms with Gasteiger partial charge in [-0.2, -0.15) is 0 Å². The Bertz CT molecular complexity index is 323. The van der Waals surface area contributed by atoms with E-state index >= 15 is 0 Å². The SMILES string of the molecule is CC(C)(C)c1[nH]cc(F)c1C(C)(C)C. The third kappa shape index (κ3) is 1.99. The lowest BCUT2D eigenvalue weighted by Gasteiger charge is -2.26. The fourth-order valence-corrected chi connectivity index (χ4v) is 1.72. The molecule has 14 heavy (non-hydrogen) atoms. The molecule has 0 fully saturated rings. The van der Waals surface area contributed by atoms with E-state index in [1.165, 1.54) is 6.20 Å². The van der Waals surface area contributed by atoms with E-state index < -0.39 is 0 Å². The van der Waals surface area contributed by atoms with Crippen LogP contribution in [0.4, 0.5) is 4.39 Å². The summed E-state index contributed by atoms with van der Waals surface area (Å²) < 4.78 is 13.6. The fourth-order valence-electron chi connectivity index (χ4n) is 1.72. The van der Waals surface area contributed by atoms with Crippen LogP contribution < -0.4 is 0 Å². The van der Waals surface area contributed by atoms with Gasteiger partial charge in [0.2, 0.25) is 0 Å². The maximum absolute atomic E-state index is 13.6. The summed E-state index contributed by atoms with van der Waals surface area (Å²) in [5, 5.41) is 0. The van der Waals surface area contributed by atoms with E-state index in [-0.39, 0.29) is 16.6 Å². The smallest absolute Gasteiger partial charge is 0.144 e. The molecule has 0 aliphatic rings. The molecule has 0 radical (unpaired) electrons. The van der Waals surface area contributed by atoms with Crippen molar-refractivity contribution in [3.63, 3.8) is 0 Å². The Morgan fingerprint density at radius 1 is 1.00 bits per heavy atom. The van der Waals surface area contributed by atoms with E-state index in [0.29, 0.717) is 0 Å². The standard InChI is InChI=1S/C12H20FN/c1-11(2,3)9-8(13)7-14-10(9)12(4,5)6/h7,14H,1-6H3. The molecule has 0 aliphatic carbocycles. The topological polar surface area (TPSA) is 15.8 Å². The van der Waals surface area contributed by atoms with Crippen molar-refractivity contribution >= 4 is 0 Å². The average molecular weight is 197 g/mol. The van der Waals surface area contributed by atoms with E-state index in [4.69, 9.17) is 0 Å². The number of aromatic nitrogens is 1. The van der Waals surface area contributed by atoms with Crippen LogP contribution in [-0.4, -0.2) is 4.98 Å². The number of rotatable bonds is 0. The van der Waals surface area contributed by atoms with Crippen molar-refractivity contribution in [2.45, 2.75) is 52.4 Å². The lowest BCUT2D eigenvalue weighted by molar-refractivity contribution is 0.493. The van der Waals surface area contributed by atoms with Crippen LogP contribution in [0.3, 0.4) is 0 Å². The number of aromatic amines is 1. The molecule has 1 aromatic rings. The Hall–Kier alpha value is -0.790. The predicted molar refractivity (Wildman–Crippen MR) is 58.2 cm³/mol. The van der Waals surface area contributed by atoms with Crippen molar-refractivity contribution in [2.75, 3.05) is 0 Å². The molecule has 0 amide bonds. The Balaban J connectivity index is 3.35. The molecule has 0 bridgehead atoms. The van der Waals surface area contributed by atoms with Gasteiger partial charge in [0, 0.05) is 22.9 Å². The highest BCUT2D eigenvalue weighted by atomic mass is 19.1. The Labute approximate surface area is 85.7 Å². The zero-order chi connectivity index (χ0) is 11.1. The van der Waals surface area contributed by atoms with Gasteiger partial charge in [0.15, 0.2) is 0 Å². The highest BCUT2D eigenvalue weighted by Crippen LogP contribution is 2.34. The first-order valence-electron chi connectivity index (χ1n) is 5.02. The van der Waals surface area contributed by atoms with Gasteiger partial charge in [0.05, 0.1) is 0 Å². The van der Waals surface area contributed by atoms with Crippen molar-refractivity contribution < 1.29 is 4.39 Å². The summed E-state index contributed by atoms with van der Waals surface area (Å²) in [7, 11) is 0. The predicted octanol–water partition coefficient (Wildman–Crippen LogP) is 3.75. The molecule has 2 heteroatoms. The third-order valence-electron chi connectivity index (χ3n) is 2.33. The summed E-state index contributed by atoms with van der Waals surface area (Å²) in [5.74, 6) is -0.123. The maximum Gasteiger partial charge on any atom is 0.144 e. The minimum Gasteiger partial charge on any atom is -0.362 e. The molecule has 80 valence electrons. The molecule has 1 heterocycles. The van der Waals surface area contributed by atoms with Crippen molar-refractivity contribution in [3.8, 4) is 0 Å². The van der Waals surface area contributed by atoms with E-state index in [2.05, 4.69) is 25.8 Å². The zero-order valence-electron chi connectivity index (χ0n) is 9.96. The van der Waals surface area contributed by atoms with E-state index in [0.717, 1.165) is 11.3 Å². The maximum atomic E-state index is 13.6. The summed E-state index contributed by atoms with van der Waals surface area (Å²) >= 11 is 0. The first-order chi connectivity index (χ1) is 6.14. The molecule has 1 nitrogen and oxygen atoms in total. The first-order valence-corrected chi connectivity index (χ1v) is 5.02. The summed E-state index contributed by atoms with van der Waals surface area (Å²) in [6.07, 6.45) is 1.46. The van der Waals surface area contributed by atoms with Crippen LogP contribution in [0.15, 0.2) is 6.20 Å². The molecule has 0 aromatic carbocycles. The van der Waals surface area contributed by atoms with Gasteiger partial charge in [0.1, 0.15) is 5.82 Å². The molecule has 0 atom stereocenters. The number of hydrogen-bond acceptors (Lipinski definition) is 0. The number of hydrogen-bond donors (Lipinski definition) is 1. The highest BCUT2D eigenvalue weighted by molar-refractivity contribution is 5.34. The Morgan fingerprint density at radius 2 is 1.50 bits per heavy atom. The van der Waals surface area contributed by atoms with Gasteiger partial charge in [-0.1, -0.05) is 41.5 Å². The molecular formula is C12H20FN. The van der Waals surface area contributed by atoms with Crippen LogP contribution in [0.1, 0.15) is 52.8 Å². The zero-order valence-corrected chi connectivity index (χ0v) is 9.96. The van der Waals surface area contributed by atoms with Gasteiger partial charge in [0.25, 0.3) is 0 Å². The Kier molecular flexibility index (Phi) is 2.51. The van der Waals surface area contributed by atoms with Crippen LogP contribution in [0.2, 0.25) is 0 Å². The summed E-state index contributed by atoms with van der Waals surface area (Å²) in [6, 6.07) is 0. The van der Waals surface area contributed by atoms with Gasteiger partial charge in [-0.3, -0.25) is 0 Å². The van der Waals surface area contributed by atoms with Crippen molar-refractivity contribution in [2.24, 2.45) is 0 Å². The van der Waals surface area contributed by atoms with E-state index in [9.17, 15) is 4.39 Å². The second kappa shape index (κ2) is 3.11. The molecule has 0 aliphatic heterocycles. The minimum atomic E-state index is -0.146. The van der Waals surface area contributed by atoms with E-state index in [1.54, 1.807) is 0 Å². The Morgan fingerprint density at radius 3 is 1.79 bits per heavy atom. The summed E-state index contributed by atoms with van der Waals surface area (Å²) in [4.78, 5) is 3.05. The van der Waals surface area contributed by atoms with Crippen LogP contribution in [0.25, 0.3) is 0 Å². The van der Waals surface area contributed by atoms with Gasteiger partial charge in [-0.15, -0.1) is 0 Å². The van der Waals surface area contributed by atoms with Crippen LogP contribution in [0.5, 0.6) is 0 Å². The van der Waals surface area contributed by atoms with Crippen LogP contribution in [-0.2, 0) is 10.8 Å². The molecular weight excluding hydrogens is 177 g/mol. The first kappa shape index (κ1) is 11.3. The van der Waals surface area contributed by atoms with Gasteiger partial charge >= 0.3 is 0 Å². The lowest BCUT2D eigenvalue weighted by atomic mass is 9.79. The molecule has 1 N–H and O–H groups in total. The van der Waals surface area contributed by atoms with E-state index in [1.807, 2.05) is 20.8 Å². The normalized spacial score (nSPS) is 13.4. The molecule has 0 unspecified atom stereocenters. The highest BCUT2D eigenvalue weighted by Gasteiger charge is 2.29. The largest absolute Gasteiger partial charge is 0.362 e. The van der Waals surface area contributed by atoms with Crippen LogP contribution in [0, 0.1) is 5.82 Å². The number of halogens is 1. The second-order valence-corrected chi connectivity index (χ2v) is 5.89. The minimum absolute atomic E-state index is 0.0348. The molecule has 0 saturated heterocycles. The monoisotopic (exact) mass is 197 g/mol. The second-order valence-electron chi connectivity index (χ2n) is 5.89. The lowest BCUT2D eigenvalue weighted by Crippen LogP contribution is -2.22. The summed E-state index contributed by atoms with van der Waals surface area (Å²) in [5.41, 5.74) is 1.63. The summed E-state index contributed by atoms with van der Waals surface area (Å²) in [6.45, 7) is 12.4. The van der Waals surface area contributed by atoms with Crippen molar-refractivity contribution in [3.05, 3.63) is 23.3 Å². The van der Waals surface area contributed by atoms with Gasteiger partial charge in [-0.05, 0) is 5.41 Å². The number of nitrogens with one attached hydrogen (secondary N) is 1. The van der Waals surface area contributed by atoms with Crippen LogP contribution >= 0.6 is 0 Å². The third-order valence-corrected chi connectivity index (χ3v) is 2.33. The number of H-pyrrole nitrogens is 1. The quantitative estimate of drug-likeness (QED) is 0.652. The van der Waals surface area contributed by atoms with Gasteiger partial charge in [-0.25, -0.2) is 4.39 Å². The van der Waals surface area contributed by atoms with Crippen molar-refractivity contribution in [1.82, 2.24) is 4.98 Å². The fraction of sp³-hybridized carbons (Fsp3) is 0.667. The molecule has 1 aromatic heterocycles. The van der Waals surface area contributed by atoms with Gasteiger partial charge < -0.3 is 4.98 Å². The molecule has 1 rings (SSSR count). The molecule has 0 spiro atoms. The van der Waals surface area contributed by atoms with Crippen molar-refractivity contribution in [1.29, 1.82) is 0 Å².